The maximum atomic E-state index is 13.0. The van der Waals surface area contributed by atoms with Gasteiger partial charge in [0.25, 0.3) is 0 Å². The zero-order valence-electron chi connectivity index (χ0n) is 17.8. The van der Waals surface area contributed by atoms with Gasteiger partial charge in [0, 0.05) is 25.4 Å². The summed E-state index contributed by atoms with van der Waals surface area (Å²) in [7, 11) is 1.40. The van der Waals surface area contributed by atoms with Crippen molar-refractivity contribution in [2.24, 2.45) is 5.90 Å². The Kier molecular flexibility index (Phi) is 13.6. The van der Waals surface area contributed by atoms with Crippen LogP contribution < -0.4 is 5.90 Å². The van der Waals surface area contributed by atoms with Gasteiger partial charge in [0.15, 0.2) is 0 Å². The first-order chi connectivity index (χ1) is 13.6. The van der Waals surface area contributed by atoms with Crippen LogP contribution in [-0.4, -0.2) is 31.0 Å². The molecular formula is C23H39FN2O2. The van der Waals surface area contributed by atoms with Crippen molar-refractivity contribution in [2.75, 3.05) is 20.2 Å². The molecule has 1 unspecified atom stereocenters. The summed E-state index contributed by atoms with van der Waals surface area (Å²) in [5.74, 6) is 4.82. The Bertz CT molecular complexity index is 522. The summed E-state index contributed by atoms with van der Waals surface area (Å²) in [6, 6.07) is 6.74. The van der Waals surface area contributed by atoms with Gasteiger partial charge in [-0.15, -0.1) is 0 Å². The van der Waals surface area contributed by atoms with Gasteiger partial charge in [0.05, 0.1) is 7.11 Å². The molecule has 1 amide bonds. The number of carbonyl (C=O) groups is 1. The highest BCUT2D eigenvalue weighted by atomic mass is 19.1. The normalized spacial score (nSPS) is 16.0. The van der Waals surface area contributed by atoms with Gasteiger partial charge in [0.1, 0.15) is 5.82 Å². The number of benzene rings is 1. The quantitative estimate of drug-likeness (QED) is 0.394. The lowest BCUT2D eigenvalue weighted by Gasteiger charge is -2.16. The van der Waals surface area contributed by atoms with Crippen molar-refractivity contribution in [3.05, 3.63) is 35.6 Å². The number of hydrogen-bond donors (Lipinski definition) is 1. The molecule has 0 aromatic heterocycles. The highest BCUT2D eigenvalue weighted by molar-refractivity contribution is 5.76. The van der Waals surface area contributed by atoms with E-state index < -0.39 is 0 Å². The van der Waals surface area contributed by atoms with Crippen molar-refractivity contribution >= 4 is 5.91 Å². The second-order valence-corrected chi connectivity index (χ2v) is 7.69. The number of amides is 1. The summed E-state index contributed by atoms with van der Waals surface area (Å²) >= 11 is 0. The van der Waals surface area contributed by atoms with E-state index in [2.05, 4.69) is 17.7 Å². The van der Waals surface area contributed by atoms with Crippen LogP contribution in [0.15, 0.2) is 24.3 Å². The van der Waals surface area contributed by atoms with Crippen molar-refractivity contribution in [3.8, 4) is 0 Å². The second-order valence-electron chi connectivity index (χ2n) is 7.69. The Morgan fingerprint density at radius 2 is 1.61 bits per heavy atom. The van der Waals surface area contributed by atoms with Crippen molar-refractivity contribution in [3.63, 3.8) is 0 Å². The smallest absolute Gasteiger partial charge is 0.222 e. The second kappa shape index (κ2) is 15.5. The van der Waals surface area contributed by atoms with Crippen LogP contribution >= 0.6 is 0 Å². The Morgan fingerprint density at radius 3 is 2.18 bits per heavy atom. The van der Waals surface area contributed by atoms with E-state index >= 15 is 0 Å². The fourth-order valence-electron chi connectivity index (χ4n) is 3.74. The lowest BCUT2D eigenvalue weighted by atomic mass is 9.99. The topological polar surface area (TPSA) is 55.6 Å². The minimum atomic E-state index is -0.194. The molecule has 0 aliphatic carbocycles. The van der Waals surface area contributed by atoms with E-state index in [0.717, 1.165) is 31.5 Å². The summed E-state index contributed by atoms with van der Waals surface area (Å²) in [5.41, 5.74) is 1.15. The van der Waals surface area contributed by atoms with E-state index in [1.165, 1.54) is 70.6 Å². The molecule has 5 heteroatoms. The third kappa shape index (κ3) is 10.2. The maximum Gasteiger partial charge on any atom is 0.222 e. The lowest BCUT2D eigenvalue weighted by molar-refractivity contribution is -0.130. The molecule has 0 saturated carbocycles. The van der Waals surface area contributed by atoms with Crippen LogP contribution in [0.1, 0.15) is 89.0 Å². The average Bonchev–Trinajstić information content (AvgIpc) is 3.18. The average molecular weight is 395 g/mol. The number of carbonyl (C=O) groups excluding carboxylic acids is 1. The van der Waals surface area contributed by atoms with Gasteiger partial charge in [-0.3, -0.25) is 4.79 Å². The number of nitrogens with zero attached hydrogens (tertiary/aromatic N) is 1. The van der Waals surface area contributed by atoms with Crippen LogP contribution in [0.5, 0.6) is 0 Å². The molecule has 1 heterocycles. The molecule has 2 N–H and O–H groups in total. The first-order valence-corrected chi connectivity index (χ1v) is 10.9. The molecule has 1 aromatic rings. The first kappa shape index (κ1) is 24.6. The SMILES string of the molecule is CCCCCCCCCCCC(=O)N1CCC(c2ccc(F)cc2)C1.CON. The van der Waals surface area contributed by atoms with Gasteiger partial charge in [-0.2, -0.15) is 0 Å². The van der Waals surface area contributed by atoms with E-state index in [4.69, 9.17) is 0 Å². The highest BCUT2D eigenvalue weighted by Crippen LogP contribution is 2.28. The number of rotatable bonds is 11. The Balaban J connectivity index is 0.00000122. The number of nitrogens with two attached hydrogens (primary N) is 1. The number of halogens is 1. The van der Waals surface area contributed by atoms with Gasteiger partial charge < -0.3 is 9.74 Å². The largest absolute Gasteiger partial charge is 0.342 e. The van der Waals surface area contributed by atoms with Crippen LogP contribution in [-0.2, 0) is 9.63 Å². The van der Waals surface area contributed by atoms with Gasteiger partial charge >= 0.3 is 0 Å². The third-order valence-corrected chi connectivity index (χ3v) is 5.38. The van der Waals surface area contributed by atoms with E-state index in [-0.39, 0.29) is 5.82 Å². The molecule has 1 fully saturated rings. The molecule has 1 aliphatic heterocycles. The number of likely N-dealkylation sites (tertiary alicyclic amines) is 1. The molecule has 1 aromatic carbocycles. The van der Waals surface area contributed by atoms with Gasteiger partial charge in [-0.05, 0) is 30.5 Å². The molecule has 4 nitrogen and oxygen atoms in total. The Hall–Kier alpha value is -1.46. The van der Waals surface area contributed by atoms with Crippen LogP contribution in [0.4, 0.5) is 4.39 Å². The number of unbranched alkanes of at least 4 members (excludes halogenated alkanes) is 8. The molecule has 1 saturated heterocycles. The molecule has 0 spiro atoms. The Labute approximate surface area is 170 Å². The fourth-order valence-corrected chi connectivity index (χ4v) is 3.74. The van der Waals surface area contributed by atoms with Crippen molar-refractivity contribution in [1.29, 1.82) is 0 Å². The number of hydrogen-bond acceptors (Lipinski definition) is 3. The standard InChI is InChI=1S/C22H34FNO.CH5NO/c1-2-3-4-5-6-7-8-9-10-11-22(25)24-17-16-20(18-24)19-12-14-21(23)15-13-19;1-3-2/h12-15,20H,2-11,16-18H2,1H3;2H2,1H3. The van der Waals surface area contributed by atoms with Crippen LogP contribution in [0.2, 0.25) is 0 Å². The molecule has 1 atom stereocenters. The molecule has 160 valence electrons. The third-order valence-electron chi connectivity index (χ3n) is 5.38. The maximum absolute atomic E-state index is 13.0. The molecule has 2 rings (SSSR count). The van der Waals surface area contributed by atoms with E-state index in [1.807, 2.05) is 17.0 Å². The van der Waals surface area contributed by atoms with Gasteiger partial charge in [-0.1, -0.05) is 70.4 Å². The monoisotopic (exact) mass is 394 g/mol. The van der Waals surface area contributed by atoms with Crippen molar-refractivity contribution in [1.82, 2.24) is 4.90 Å². The Morgan fingerprint density at radius 1 is 1.07 bits per heavy atom. The van der Waals surface area contributed by atoms with Crippen LogP contribution in [0.25, 0.3) is 0 Å². The molecule has 0 bridgehead atoms. The minimum absolute atomic E-state index is 0.194. The van der Waals surface area contributed by atoms with E-state index in [9.17, 15) is 9.18 Å². The van der Waals surface area contributed by atoms with Crippen LogP contribution in [0.3, 0.4) is 0 Å². The fraction of sp³-hybridized carbons (Fsp3) is 0.696. The molecule has 0 radical (unpaired) electrons. The van der Waals surface area contributed by atoms with Gasteiger partial charge in [0.2, 0.25) is 5.91 Å². The van der Waals surface area contributed by atoms with E-state index in [0.29, 0.717) is 18.2 Å². The predicted octanol–water partition coefficient (Wildman–Crippen LogP) is 5.57. The summed E-state index contributed by atoms with van der Waals surface area (Å²) in [6.07, 6.45) is 13.2. The molecular weight excluding hydrogens is 355 g/mol. The highest BCUT2D eigenvalue weighted by Gasteiger charge is 2.26. The summed E-state index contributed by atoms with van der Waals surface area (Å²) in [5, 5.41) is 0. The lowest BCUT2D eigenvalue weighted by Crippen LogP contribution is -2.28. The van der Waals surface area contributed by atoms with E-state index in [1.54, 1.807) is 0 Å². The zero-order valence-corrected chi connectivity index (χ0v) is 17.8. The summed E-state index contributed by atoms with van der Waals surface area (Å²) in [4.78, 5) is 18.1. The summed E-state index contributed by atoms with van der Waals surface area (Å²) in [6.45, 7) is 3.89. The molecule has 1 aliphatic rings. The van der Waals surface area contributed by atoms with Gasteiger partial charge in [-0.25, -0.2) is 10.3 Å². The molecule has 28 heavy (non-hydrogen) atoms. The summed E-state index contributed by atoms with van der Waals surface area (Å²) < 4.78 is 13.0. The van der Waals surface area contributed by atoms with Crippen LogP contribution in [0, 0.1) is 5.82 Å². The first-order valence-electron chi connectivity index (χ1n) is 10.9. The minimum Gasteiger partial charge on any atom is -0.342 e. The van der Waals surface area contributed by atoms with Crippen molar-refractivity contribution in [2.45, 2.75) is 83.5 Å². The zero-order chi connectivity index (χ0) is 20.6. The van der Waals surface area contributed by atoms with Crippen molar-refractivity contribution < 1.29 is 14.0 Å². The predicted molar refractivity (Wildman–Crippen MR) is 113 cm³/mol.